The molecule has 0 heterocycles. The lowest BCUT2D eigenvalue weighted by atomic mass is 10.1. The minimum Gasteiger partial charge on any atom is -0.481 e. The summed E-state index contributed by atoms with van der Waals surface area (Å²) in [5.74, 6) is -4.18. The van der Waals surface area contributed by atoms with Gasteiger partial charge in [0.1, 0.15) is 12.1 Å². The van der Waals surface area contributed by atoms with E-state index in [2.05, 4.69) is 10.6 Å². The van der Waals surface area contributed by atoms with Gasteiger partial charge in [0, 0.05) is 0 Å². The lowest BCUT2D eigenvalue weighted by Crippen LogP contribution is -2.53. The minimum atomic E-state index is -1.57. The van der Waals surface area contributed by atoms with Crippen LogP contribution < -0.4 is 22.1 Å². The molecule has 0 aromatic carbocycles. The van der Waals surface area contributed by atoms with E-state index in [0.29, 0.717) is 19.4 Å². The fraction of sp³-hybridized carbons (Fsp3) is 0.667. The Labute approximate surface area is 127 Å². The summed E-state index contributed by atoms with van der Waals surface area (Å²) >= 11 is 0. The maximum Gasteiger partial charge on any atom is 0.326 e. The monoisotopic (exact) mass is 318 g/mol. The predicted molar refractivity (Wildman–Crippen MR) is 75.7 cm³/mol. The topological polar surface area (TPSA) is 185 Å². The number of unbranched alkanes of at least 4 members (excludes halogenated alkanes) is 1. The molecular weight excluding hydrogens is 296 g/mol. The van der Waals surface area contributed by atoms with Gasteiger partial charge in [-0.25, -0.2) is 4.79 Å². The second-order valence-corrected chi connectivity index (χ2v) is 4.61. The average Bonchev–Trinajstić information content (AvgIpc) is 2.44. The molecule has 0 aromatic heterocycles. The van der Waals surface area contributed by atoms with Crippen LogP contribution in [-0.2, 0) is 19.2 Å². The molecule has 0 saturated heterocycles. The standard InChI is InChI=1S/C12H22N4O6/c13-4-2-1-3-7(15-9(17)6-14)11(20)16-8(12(21)22)5-10(18)19/h7-8H,1-6,13-14H2,(H,15,17)(H,16,20)(H,18,19)(H,21,22)/t7-,8-/m0/s1. The average molecular weight is 318 g/mol. The van der Waals surface area contributed by atoms with Crippen molar-refractivity contribution in [3.05, 3.63) is 0 Å². The summed E-state index contributed by atoms with van der Waals surface area (Å²) in [5, 5.41) is 22.0. The maximum absolute atomic E-state index is 12.0. The van der Waals surface area contributed by atoms with Gasteiger partial charge >= 0.3 is 11.9 Å². The van der Waals surface area contributed by atoms with E-state index < -0.39 is 42.3 Å². The van der Waals surface area contributed by atoms with Crippen molar-refractivity contribution in [2.75, 3.05) is 13.1 Å². The van der Waals surface area contributed by atoms with Crippen LogP contribution in [-0.4, -0.2) is 59.1 Å². The Morgan fingerprint density at radius 3 is 2.05 bits per heavy atom. The number of amides is 2. The molecule has 0 aliphatic carbocycles. The molecule has 0 unspecified atom stereocenters. The van der Waals surface area contributed by atoms with E-state index in [9.17, 15) is 19.2 Å². The highest BCUT2D eigenvalue weighted by molar-refractivity contribution is 5.91. The van der Waals surface area contributed by atoms with Crippen molar-refractivity contribution in [3.8, 4) is 0 Å². The highest BCUT2D eigenvalue weighted by atomic mass is 16.4. The highest BCUT2D eigenvalue weighted by Crippen LogP contribution is 2.03. The lowest BCUT2D eigenvalue weighted by molar-refractivity contribution is -0.147. The van der Waals surface area contributed by atoms with Crippen LogP contribution in [0.5, 0.6) is 0 Å². The zero-order chi connectivity index (χ0) is 17.1. The Hall–Kier alpha value is -2.20. The van der Waals surface area contributed by atoms with Crippen LogP contribution in [0.1, 0.15) is 25.7 Å². The number of carbonyl (C=O) groups is 4. The summed E-state index contributed by atoms with van der Waals surface area (Å²) in [5.41, 5.74) is 10.5. The normalized spacial score (nSPS) is 13.0. The third kappa shape index (κ3) is 8.17. The third-order valence-corrected chi connectivity index (χ3v) is 2.78. The predicted octanol–water partition coefficient (Wildman–Crippen LogP) is -2.40. The molecule has 22 heavy (non-hydrogen) atoms. The fourth-order valence-corrected chi connectivity index (χ4v) is 1.66. The summed E-state index contributed by atoms with van der Waals surface area (Å²) in [6.07, 6.45) is 0.644. The largest absolute Gasteiger partial charge is 0.481 e. The van der Waals surface area contributed by atoms with Gasteiger partial charge in [0.05, 0.1) is 13.0 Å². The summed E-state index contributed by atoms with van der Waals surface area (Å²) < 4.78 is 0. The van der Waals surface area contributed by atoms with Crippen molar-refractivity contribution >= 4 is 23.8 Å². The lowest BCUT2D eigenvalue weighted by Gasteiger charge is -2.20. The number of carbonyl (C=O) groups excluding carboxylic acids is 2. The van der Waals surface area contributed by atoms with Gasteiger partial charge in [0.15, 0.2) is 0 Å². The molecule has 8 N–H and O–H groups in total. The van der Waals surface area contributed by atoms with Crippen molar-refractivity contribution in [2.45, 2.75) is 37.8 Å². The van der Waals surface area contributed by atoms with Crippen molar-refractivity contribution in [3.63, 3.8) is 0 Å². The molecule has 10 heteroatoms. The molecule has 0 saturated carbocycles. The van der Waals surface area contributed by atoms with Crippen LogP contribution in [0.3, 0.4) is 0 Å². The molecule has 0 aromatic rings. The minimum absolute atomic E-state index is 0.244. The van der Waals surface area contributed by atoms with Crippen LogP contribution in [0, 0.1) is 0 Å². The molecule has 2 atom stereocenters. The van der Waals surface area contributed by atoms with E-state index in [1.165, 1.54) is 0 Å². The zero-order valence-electron chi connectivity index (χ0n) is 12.1. The van der Waals surface area contributed by atoms with Crippen LogP contribution in [0.2, 0.25) is 0 Å². The number of hydrogen-bond acceptors (Lipinski definition) is 6. The van der Waals surface area contributed by atoms with Gasteiger partial charge in [-0.3, -0.25) is 14.4 Å². The zero-order valence-corrected chi connectivity index (χ0v) is 12.1. The second kappa shape index (κ2) is 10.5. The van der Waals surface area contributed by atoms with Crippen LogP contribution in [0.4, 0.5) is 0 Å². The van der Waals surface area contributed by atoms with E-state index in [4.69, 9.17) is 21.7 Å². The van der Waals surface area contributed by atoms with E-state index in [1.54, 1.807) is 0 Å². The Bertz CT molecular complexity index is 414. The number of aliphatic carboxylic acids is 2. The second-order valence-electron chi connectivity index (χ2n) is 4.61. The molecule has 0 radical (unpaired) electrons. The van der Waals surface area contributed by atoms with Gasteiger partial charge in [-0.2, -0.15) is 0 Å². The van der Waals surface area contributed by atoms with Crippen molar-refractivity contribution in [2.24, 2.45) is 11.5 Å². The van der Waals surface area contributed by atoms with Gasteiger partial charge in [-0.05, 0) is 25.8 Å². The van der Waals surface area contributed by atoms with E-state index in [1.807, 2.05) is 0 Å². The smallest absolute Gasteiger partial charge is 0.326 e. The number of hydrogen-bond donors (Lipinski definition) is 6. The van der Waals surface area contributed by atoms with Gasteiger partial charge in [-0.1, -0.05) is 0 Å². The van der Waals surface area contributed by atoms with Gasteiger partial charge in [-0.15, -0.1) is 0 Å². The molecule has 10 nitrogen and oxygen atoms in total. The van der Waals surface area contributed by atoms with Crippen molar-refractivity contribution in [1.82, 2.24) is 10.6 Å². The SMILES string of the molecule is NCCCC[C@H](NC(=O)CN)C(=O)N[C@@H](CC(=O)O)C(=O)O. The van der Waals surface area contributed by atoms with Gasteiger partial charge < -0.3 is 32.3 Å². The molecule has 126 valence electrons. The fourth-order valence-electron chi connectivity index (χ4n) is 1.66. The Balaban J connectivity index is 4.79. The molecule has 0 fully saturated rings. The number of carboxylic acid groups (broad SMARTS) is 2. The summed E-state index contributed by atoms with van der Waals surface area (Å²) in [6.45, 7) is 0.0914. The van der Waals surface area contributed by atoms with Gasteiger partial charge in [0.25, 0.3) is 0 Å². The summed E-state index contributed by atoms with van der Waals surface area (Å²) in [7, 11) is 0. The van der Waals surface area contributed by atoms with Crippen LogP contribution in [0.25, 0.3) is 0 Å². The quantitative estimate of drug-likeness (QED) is 0.228. The highest BCUT2D eigenvalue weighted by Gasteiger charge is 2.27. The number of nitrogens with two attached hydrogens (primary N) is 2. The van der Waals surface area contributed by atoms with E-state index in [-0.39, 0.29) is 13.0 Å². The van der Waals surface area contributed by atoms with Crippen molar-refractivity contribution in [1.29, 1.82) is 0 Å². The van der Waals surface area contributed by atoms with Crippen molar-refractivity contribution < 1.29 is 29.4 Å². The first-order chi connectivity index (χ1) is 10.3. The Morgan fingerprint density at radius 1 is 0.955 bits per heavy atom. The third-order valence-electron chi connectivity index (χ3n) is 2.78. The van der Waals surface area contributed by atoms with Crippen LogP contribution >= 0.6 is 0 Å². The summed E-state index contributed by atoms with van der Waals surface area (Å²) in [4.78, 5) is 44.9. The molecule has 0 aliphatic rings. The Kier molecular flexibility index (Phi) is 9.46. The molecule has 0 rings (SSSR count). The van der Waals surface area contributed by atoms with Crippen LogP contribution in [0.15, 0.2) is 0 Å². The maximum atomic E-state index is 12.0. The number of nitrogens with one attached hydrogen (secondary N) is 2. The number of carboxylic acids is 2. The summed E-state index contributed by atoms with van der Waals surface area (Å²) in [6, 6.07) is -2.56. The van der Waals surface area contributed by atoms with E-state index >= 15 is 0 Å². The molecule has 0 aliphatic heterocycles. The number of rotatable bonds is 11. The van der Waals surface area contributed by atoms with Gasteiger partial charge in [0.2, 0.25) is 11.8 Å². The molecular formula is C12H22N4O6. The Morgan fingerprint density at radius 2 is 1.59 bits per heavy atom. The molecule has 2 amide bonds. The first-order valence-electron chi connectivity index (χ1n) is 6.76. The molecule has 0 bridgehead atoms. The first-order valence-corrected chi connectivity index (χ1v) is 6.76. The van der Waals surface area contributed by atoms with E-state index in [0.717, 1.165) is 0 Å². The molecule has 0 spiro atoms. The first kappa shape index (κ1) is 19.8.